The predicted molar refractivity (Wildman–Crippen MR) is 108 cm³/mol. The Bertz CT molecular complexity index is 801. The molecule has 0 aliphatic rings. The van der Waals surface area contributed by atoms with Crippen LogP contribution in [-0.4, -0.2) is 25.0 Å². The van der Waals surface area contributed by atoms with Crippen molar-refractivity contribution in [1.82, 2.24) is 10.9 Å². The van der Waals surface area contributed by atoms with Gasteiger partial charge in [-0.15, -0.1) is 0 Å². The largest absolute Gasteiger partial charge is 0.494 e. The van der Waals surface area contributed by atoms with Crippen molar-refractivity contribution in [2.24, 2.45) is 5.92 Å². The van der Waals surface area contributed by atoms with Gasteiger partial charge in [-0.3, -0.25) is 20.4 Å². The zero-order valence-electron chi connectivity index (χ0n) is 16.9. The minimum Gasteiger partial charge on any atom is -0.494 e. The first-order chi connectivity index (χ1) is 13.4. The van der Waals surface area contributed by atoms with Crippen LogP contribution >= 0.6 is 0 Å². The monoisotopic (exact) mass is 384 g/mol. The lowest BCUT2D eigenvalue weighted by Gasteiger charge is -2.12. The predicted octanol–water partition coefficient (Wildman–Crippen LogP) is 3.57. The lowest BCUT2D eigenvalue weighted by molar-refractivity contribution is -0.123. The lowest BCUT2D eigenvalue weighted by atomic mass is 10.1. The molecule has 0 bridgehead atoms. The zero-order valence-corrected chi connectivity index (χ0v) is 16.9. The molecule has 0 saturated carbocycles. The maximum atomic E-state index is 12.1. The van der Waals surface area contributed by atoms with E-state index in [1.54, 1.807) is 30.3 Å². The minimum absolute atomic E-state index is 0.187. The van der Waals surface area contributed by atoms with E-state index in [0.717, 1.165) is 17.5 Å². The number of benzene rings is 2. The van der Waals surface area contributed by atoms with Crippen LogP contribution in [-0.2, 0) is 4.79 Å². The van der Waals surface area contributed by atoms with Gasteiger partial charge in [0, 0.05) is 5.56 Å². The average molecular weight is 384 g/mol. The first kappa shape index (κ1) is 21.3. The summed E-state index contributed by atoms with van der Waals surface area (Å²) in [7, 11) is 0. The molecule has 2 amide bonds. The van der Waals surface area contributed by atoms with E-state index in [9.17, 15) is 9.59 Å². The maximum Gasteiger partial charge on any atom is 0.276 e. The molecule has 2 N–H and O–H groups in total. The molecule has 0 aromatic heterocycles. The van der Waals surface area contributed by atoms with E-state index >= 15 is 0 Å². The molecule has 6 nitrogen and oxygen atoms in total. The molecule has 2 rings (SSSR count). The molecule has 0 atom stereocenters. The smallest absolute Gasteiger partial charge is 0.276 e. The number of hydrazine groups is 1. The van der Waals surface area contributed by atoms with Crippen molar-refractivity contribution in [3.05, 3.63) is 59.2 Å². The van der Waals surface area contributed by atoms with Crippen LogP contribution in [0.15, 0.2) is 42.5 Å². The fourth-order valence-electron chi connectivity index (χ4n) is 2.37. The Balaban J connectivity index is 1.76. The van der Waals surface area contributed by atoms with E-state index in [2.05, 4.69) is 24.7 Å². The topological polar surface area (TPSA) is 76.7 Å². The second-order valence-electron chi connectivity index (χ2n) is 7.04. The molecule has 0 heterocycles. The summed E-state index contributed by atoms with van der Waals surface area (Å²) in [5.74, 6) is 1.09. The highest BCUT2D eigenvalue weighted by Crippen LogP contribution is 2.20. The summed E-state index contributed by atoms with van der Waals surface area (Å²) in [5.41, 5.74) is 7.22. The summed E-state index contributed by atoms with van der Waals surface area (Å²) in [4.78, 5) is 24.0. The highest BCUT2D eigenvalue weighted by molar-refractivity contribution is 5.95. The summed E-state index contributed by atoms with van der Waals surface area (Å²) in [6.07, 6.45) is 0.971. The van der Waals surface area contributed by atoms with Crippen molar-refractivity contribution in [1.29, 1.82) is 0 Å². The van der Waals surface area contributed by atoms with Crippen LogP contribution in [0.4, 0.5) is 0 Å². The standard InChI is InChI=1S/C22H28N2O4/c1-15(2)12-13-27-19-10-8-18(9-11-19)22(26)24-23-21(25)14-28-20-7-5-6-16(3)17(20)4/h5-11,15H,12-14H2,1-4H3,(H,23,25)(H,24,26). The van der Waals surface area contributed by atoms with E-state index in [-0.39, 0.29) is 6.61 Å². The molecule has 0 saturated heterocycles. The number of hydrogen-bond acceptors (Lipinski definition) is 4. The third kappa shape index (κ3) is 6.61. The molecule has 150 valence electrons. The number of carbonyl (C=O) groups excluding carboxylic acids is 2. The van der Waals surface area contributed by atoms with Crippen LogP contribution in [0.1, 0.15) is 41.8 Å². The highest BCUT2D eigenvalue weighted by atomic mass is 16.5. The fourth-order valence-corrected chi connectivity index (χ4v) is 2.37. The molecule has 28 heavy (non-hydrogen) atoms. The molecule has 6 heteroatoms. The Kier molecular flexibility index (Phi) is 7.87. The number of rotatable bonds is 8. The van der Waals surface area contributed by atoms with Crippen molar-refractivity contribution in [3.8, 4) is 11.5 Å². The number of amides is 2. The second-order valence-corrected chi connectivity index (χ2v) is 7.04. The Morgan fingerprint density at radius 1 is 0.964 bits per heavy atom. The SMILES string of the molecule is Cc1cccc(OCC(=O)NNC(=O)c2ccc(OCCC(C)C)cc2)c1C. The number of nitrogens with one attached hydrogen (secondary N) is 2. The van der Waals surface area contributed by atoms with Crippen LogP contribution in [0, 0.1) is 19.8 Å². The fraction of sp³-hybridized carbons (Fsp3) is 0.364. The molecule has 0 aliphatic heterocycles. The van der Waals surface area contributed by atoms with Gasteiger partial charge < -0.3 is 9.47 Å². The van der Waals surface area contributed by atoms with Gasteiger partial charge in [-0.1, -0.05) is 26.0 Å². The number of ether oxygens (including phenoxy) is 2. The Morgan fingerprint density at radius 2 is 1.68 bits per heavy atom. The molecular formula is C22H28N2O4. The van der Waals surface area contributed by atoms with Crippen LogP contribution in [0.2, 0.25) is 0 Å². The van der Waals surface area contributed by atoms with Gasteiger partial charge in [0.25, 0.3) is 11.8 Å². The van der Waals surface area contributed by atoms with Gasteiger partial charge in [0.15, 0.2) is 6.61 Å². The minimum atomic E-state index is -0.442. The maximum absolute atomic E-state index is 12.1. The summed E-state index contributed by atoms with van der Waals surface area (Å²) in [6, 6.07) is 12.4. The summed E-state index contributed by atoms with van der Waals surface area (Å²) < 4.78 is 11.1. The van der Waals surface area contributed by atoms with Gasteiger partial charge in [0.1, 0.15) is 11.5 Å². The summed E-state index contributed by atoms with van der Waals surface area (Å²) in [5, 5.41) is 0. The number of hydrogen-bond donors (Lipinski definition) is 2. The lowest BCUT2D eigenvalue weighted by Crippen LogP contribution is -2.43. The summed E-state index contributed by atoms with van der Waals surface area (Å²) >= 11 is 0. The van der Waals surface area contributed by atoms with Crippen LogP contribution < -0.4 is 20.3 Å². The van der Waals surface area contributed by atoms with E-state index in [1.165, 1.54) is 0 Å². The molecule has 0 fully saturated rings. The van der Waals surface area contributed by atoms with Gasteiger partial charge in [0.05, 0.1) is 6.61 Å². The summed E-state index contributed by atoms with van der Waals surface area (Å²) in [6.45, 7) is 8.63. The van der Waals surface area contributed by atoms with Crippen LogP contribution in [0.3, 0.4) is 0 Å². The first-order valence-electron chi connectivity index (χ1n) is 9.38. The van der Waals surface area contributed by atoms with Crippen LogP contribution in [0.5, 0.6) is 11.5 Å². The zero-order chi connectivity index (χ0) is 20.5. The average Bonchev–Trinajstić information content (AvgIpc) is 2.67. The van der Waals surface area contributed by atoms with Gasteiger partial charge >= 0.3 is 0 Å². The quantitative estimate of drug-likeness (QED) is 0.682. The van der Waals surface area contributed by atoms with E-state index in [0.29, 0.717) is 29.6 Å². The van der Waals surface area contributed by atoms with Crippen LogP contribution in [0.25, 0.3) is 0 Å². The molecule has 0 aliphatic carbocycles. The molecule has 0 spiro atoms. The van der Waals surface area contributed by atoms with Gasteiger partial charge in [-0.05, 0) is 67.6 Å². The highest BCUT2D eigenvalue weighted by Gasteiger charge is 2.09. The third-order valence-electron chi connectivity index (χ3n) is 4.31. The second kappa shape index (κ2) is 10.3. The van der Waals surface area contributed by atoms with Gasteiger partial charge in [0.2, 0.25) is 0 Å². The van der Waals surface area contributed by atoms with Crippen molar-refractivity contribution in [2.75, 3.05) is 13.2 Å². The van der Waals surface area contributed by atoms with Crippen molar-refractivity contribution in [3.63, 3.8) is 0 Å². The normalized spacial score (nSPS) is 10.5. The number of carbonyl (C=O) groups is 2. The third-order valence-corrected chi connectivity index (χ3v) is 4.31. The van der Waals surface area contributed by atoms with Crippen molar-refractivity contribution < 1.29 is 19.1 Å². The van der Waals surface area contributed by atoms with E-state index < -0.39 is 11.8 Å². The van der Waals surface area contributed by atoms with Gasteiger partial charge in [-0.25, -0.2) is 0 Å². The van der Waals surface area contributed by atoms with Crippen molar-refractivity contribution in [2.45, 2.75) is 34.1 Å². The molecule has 2 aromatic rings. The molecular weight excluding hydrogens is 356 g/mol. The van der Waals surface area contributed by atoms with E-state index in [4.69, 9.17) is 9.47 Å². The molecule has 0 radical (unpaired) electrons. The molecule has 2 aromatic carbocycles. The van der Waals surface area contributed by atoms with Gasteiger partial charge in [-0.2, -0.15) is 0 Å². The Labute approximate surface area is 166 Å². The first-order valence-corrected chi connectivity index (χ1v) is 9.38. The molecule has 0 unspecified atom stereocenters. The Hall–Kier alpha value is -3.02. The van der Waals surface area contributed by atoms with E-state index in [1.807, 2.05) is 26.0 Å². The van der Waals surface area contributed by atoms with Crippen molar-refractivity contribution >= 4 is 11.8 Å². The Morgan fingerprint density at radius 3 is 2.36 bits per heavy atom. The number of aryl methyl sites for hydroxylation is 1.